The molecule has 0 bridgehead atoms. The fourth-order valence-electron chi connectivity index (χ4n) is 11.8. The number of rotatable bonds is 5. The molecule has 0 saturated heterocycles. The molecule has 69 heavy (non-hydrogen) atoms. The second-order valence-corrected chi connectivity index (χ2v) is 19.7. The molecule has 0 fully saturated rings. The molecule has 1 aliphatic carbocycles. The van der Waals surface area contributed by atoms with Crippen LogP contribution in [0.15, 0.2) is 243 Å². The summed E-state index contributed by atoms with van der Waals surface area (Å²) in [5.41, 5.74) is 17.7. The van der Waals surface area contributed by atoms with Gasteiger partial charge in [0.25, 0.3) is 0 Å². The van der Waals surface area contributed by atoms with Crippen LogP contribution in [0.2, 0.25) is 0 Å². The lowest BCUT2D eigenvalue weighted by molar-refractivity contribution is 1.65. The zero-order valence-electron chi connectivity index (χ0n) is 37.5. The molecule has 1 heterocycles. The molecule has 15 rings (SSSR count). The van der Waals surface area contributed by atoms with Crippen molar-refractivity contribution in [3.63, 3.8) is 0 Å². The first kappa shape index (κ1) is 38.5. The van der Waals surface area contributed by atoms with Gasteiger partial charge in [-0.05, 0) is 163 Å². The van der Waals surface area contributed by atoms with Crippen LogP contribution in [0.5, 0.6) is 0 Å². The highest BCUT2D eigenvalue weighted by Gasteiger charge is 2.32. The van der Waals surface area contributed by atoms with Crippen molar-refractivity contribution in [2.24, 2.45) is 0 Å². The number of thiophene rings is 1. The van der Waals surface area contributed by atoms with E-state index < -0.39 is 0 Å². The predicted molar refractivity (Wildman–Crippen MR) is 298 cm³/mol. The summed E-state index contributed by atoms with van der Waals surface area (Å²) in [6, 6.07) is 91.0. The van der Waals surface area contributed by atoms with Crippen molar-refractivity contribution < 1.29 is 0 Å². The zero-order chi connectivity index (χ0) is 45.2. The molecular formula is C68H40S. The van der Waals surface area contributed by atoms with E-state index in [1.165, 1.54) is 152 Å². The quantitative estimate of drug-likeness (QED) is 0.162. The van der Waals surface area contributed by atoms with Crippen LogP contribution >= 0.6 is 11.3 Å². The molecule has 0 spiro atoms. The molecule has 1 aromatic heterocycles. The van der Waals surface area contributed by atoms with Crippen molar-refractivity contribution in [3.05, 3.63) is 243 Å². The summed E-state index contributed by atoms with van der Waals surface area (Å²) in [5, 5.41) is 15.2. The van der Waals surface area contributed by atoms with Gasteiger partial charge in [-0.1, -0.05) is 206 Å². The fourth-order valence-corrected chi connectivity index (χ4v) is 13.0. The van der Waals surface area contributed by atoms with E-state index in [1.807, 2.05) is 11.3 Å². The molecule has 318 valence electrons. The summed E-state index contributed by atoms with van der Waals surface area (Å²) in [4.78, 5) is 0. The molecule has 0 nitrogen and oxygen atoms in total. The number of benzene rings is 13. The zero-order valence-corrected chi connectivity index (χ0v) is 38.3. The summed E-state index contributed by atoms with van der Waals surface area (Å²) >= 11 is 1.92. The largest absolute Gasteiger partial charge is 0.135 e. The Balaban J connectivity index is 1.05. The molecule has 0 radical (unpaired) electrons. The van der Waals surface area contributed by atoms with Gasteiger partial charge >= 0.3 is 0 Å². The summed E-state index contributed by atoms with van der Waals surface area (Å²) in [7, 11) is 0. The van der Waals surface area contributed by atoms with Crippen molar-refractivity contribution in [1.29, 1.82) is 0 Å². The van der Waals surface area contributed by atoms with E-state index in [2.05, 4.69) is 243 Å². The fraction of sp³-hybridized carbons (Fsp3) is 0. The van der Waals surface area contributed by atoms with Gasteiger partial charge in [-0.25, -0.2) is 0 Å². The van der Waals surface area contributed by atoms with Gasteiger partial charge in [0, 0.05) is 25.7 Å². The van der Waals surface area contributed by atoms with Crippen LogP contribution in [0.4, 0.5) is 0 Å². The highest BCUT2D eigenvalue weighted by atomic mass is 32.1. The minimum absolute atomic E-state index is 1.23. The van der Waals surface area contributed by atoms with Crippen LogP contribution in [0.3, 0.4) is 0 Å². The van der Waals surface area contributed by atoms with Gasteiger partial charge in [0.15, 0.2) is 0 Å². The van der Waals surface area contributed by atoms with E-state index in [0.717, 1.165) is 0 Å². The van der Waals surface area contributed by atoms with Crippen LogP contribution in [-0.2, 0) is 0 Å². The summed E-state index contributed by atoms with van der Waals surface area (Å²) in [6.45, 7) is 0. The van der Waals surface area contributed by atoms with Gasteiger partial charge in [0.2, 0.25) is 0 Å². The topological polar surface area (TPSA) is 0 Å². The third-order valence-corrected chi connectivity index (χ3v) is 16.2. The first-order chi connectivity index (χ1) is 34.2. The molecule has 1 heteroatoms. The van der Waals surface area contributed by atoms with Crippen LogP contribution in [0.1, 0.15) is 0 Å². The Labute approximate surface area is 403 Å². The van der Waals surface area contributed by atoms with Gasteiger partial charge in [-0.15, -0.1) is 11.3 Å². The van der Waals surface area contributed by atoms with Gasteiger partial charge in [-0.3, -0.25) is 0 Å². The van der Waals surface area contributed by atoms with Crippen LogP contribution < -0.4 is 0 Å². The highest BCUT2D eigenvalue weighted by molar-refractivity contribution is 7.26. The Bertz CT molecular complexity index is 4340. The Morgan fingerprint density at radius 2 is 0.739 bits per heavy atom. The maximum absolute atomic E-state index is 2.49. The second-order valence-electron chi connectivity index (χ2n) is 18.7. The van der Waals surface area contributed by atoms with Crippen LogP contribution in [0, 0.1) is 0 Å². The summed E-state index contributed by atoms with van der Waals surface area (Å²) in [5.74, 6) is 0. The lowest BCUT2D eigenvalue weighted by atomic mass is 9.82. The van der Waals surface area contributed by atoms with Crippen molar-refractivity contribution in [3.8, 4) is 77.9 Å². The summed E-state index contributed by atoms with van der Waals surface area (Å²) in [6.07, 6.45) is 0. The van der Waals surface area contributed by atoms with E-state index in [9.17, 15) is 0 Å². The van der Waals surface area contributed by atoms with Crippen molar-refractivity contribution in [2.75, 3.05) is 0 Å². The maximum Gasteiger partial charge on any atom is 0.0434 e. The molecule has 0 atom stereocenters. The smallest absolute Gasteiger partial charge is 0.0434 e. The normalized spacial score (nSPS) is 12.1. The van der Waals surface area contributed by atoms with Crippen LogP contribution in [0.25, 0.3) is 152 Å². The first-order valence-electron chi connectivity index (χ1n) is 23.9. The van der Waals surface area contributed by atoms with Crippen molar-refractivity contribution in [2.45, 2.75) is 0 Å². The number of hydrogen-bond acceptors (Lipinski definition) is 1. The first-order valence-corrected chi connectivity index (χ1v) is 24.7. The van der Waals surface area contributed by atoms with Gasteiger partial charge in [-0.2, -0.15) is 0 Å². The third-order valence-electron chi connectivity index (χ3n) is 14.9. The molecule has 13 aromatic carbocycles. The standard InChI is InChI=1S/C68H40S/c1-2-14-41(15-3-1)47-32-35-62-59(38-47)61-40-50(52-25-12-21-44-18-8-9-22-51(44)52)39-60(68(61)69-62)53-33-34-58-65-54(53)26-13-27-57(65)66-63(48-30-28-42-16-4-6-19-45(42)36-48)55-23-10-11-24-56(55)64(67(58)66)49-31-29-43-17-5-7-20-46(43)37-49/h1-40H. The molecule has 0 aliphatic heterocycles. The molecule has 0 saturated carbocycles. The second kappa shape index (κ2) is 14.9. The summed E-state index contributed by atoms with van der Waals surface area (Å²) < 4.78 is 2.61. The lowest BCUT2D eigenvalue weighted by Crippen LogP contribution is -1.94. The van der Waals surface area contributed by atoms with E-state index in [-0.39, 0.29) is 0 Å². The average molecular weight is 889 g/mol. The Morgan fingerprint density at radius 3 is 1.45 bits per heavy atom. The maximum atomic E-state index is 2.49. The van der Waals surface area contributed by atoms with Gasteiger partial charge in [0.05, 0.1) is 0 Å². The third kappa shape index (κ3) is 5.81. The lowest BCUT2D eigenvalue weighted by Gasteiger charge is -2.21. The van der Waals surface area contributed by atoms with E-state index in [1.54, 1.807) is 0 Å². The van der Waals surface area contributed by atoms with E-state index in [0.29, 0.717) is 0 Å². The molecule has 1 aliphatic rings. The molecule has 0 unspecified atom stereocenters. The average Bonchev–Trinajstić information content (AvgIpc) is 3.96. The molecular weight excluding hydrogens is 849 g/mol. The van der Waals surface area contributed by atoms with E-state index >= 15 is 0 Å². The Morgan fingerprint density at radius 1 is 0.217 bits per heavy atom. The number of fused-ring (bicyclic) bond motifs is 10. The molecule has 0 N–H and O–H groups in total. The Hall–Kier alpha value is -8.62. The van der Waals surface area contributed by atoms with Gasteiger partial charge in [0.1, 0.15) is 0 Å². The van der Waals surface area contributed by atoms with Crippen molar-refractivity contribution >= 4 is 85.4 Å². The number of hydrogen-bond donors (Lipinski definition) is 0. The van der Waals surface area contributed by atoms with E-state index in [4.69, 9.17) is 0 Å². The van der Waals surface area contributed by atoms with Crippen molar-refractivity contribution in [1.82, 2.24) is 0 Å². The minimum atomic E-state index is 1.23. The molecule has 0 amide bonds. The van der Waals surface area contributed by atoms with Crippen LogP contribution in [-0.4, -0.2) is 0 Å². The predicted octanol–water partition coefficient (Wildman–Crippen LogP) is 19.8. The highest BCUT2D eigenvalue weighted by Crippen LogP contribution is 2.59. The minimum Gasteiger partial charge on any atom is -0.135 e. The van der Waals surface area contributed by atoms with Gasteiger partial charge < -0.3 is 0 Å². The Kier molecular flexibility index (Phi) is 8.33. The monoisotopic (exact) mass is 888 g/mol. The SMILES string of the molecule is c1ccc(-c2ccc3sc4c(-c5ccc6c7c(cccc57)-c5c-6c(-c6ccc7ccccc7c6)c6ccccc6c5-c5ccc6ccccc6c5)cc(-c5cccc6ccccc56)cc4c3c2)cc1. The molecule has 14 aromatic rings.